The highest BCUT2D eigenvalue weighted by molar-refractivity contribution is 5.92. The Balaban J connectivity index is 2.03. The standard InChI is InChI=1S/C16H21N3/c1-12-7-9-19(14(10-12)11-17)16-15-5-3-2-4-13(15)6-8-18-16/h2-6,8,12,14H,7,9-11,17H2,1H3. The summed E-state index contributed by atoms with van der Waals surface area (Å²) < 4.78 is 0. The Morgan fingerprint density at radius 1 is 1.32 bits per heavy atom. The average Bonchev–Trinajstić information content (AvgIpc) is 2.46. The number of piperidine rings is 1. The van der Waals surface area contributed by atoms with Crippen molar-refractivity contribution in [1.29, 1.82) is 0 Å². The number of nitrogens with zero attached hydrogens (tertiary/aromatic N) is 2. The summed E-state index contributed by atoms with van der Waals surface area (Å²) in [4.78, 5) is 7.03. The molecule has 1 saturated heterocycles. The normalized spacial score (nSPS) is 23.8. The van der Waals surface area contributed by atoms with Crippen LogP contribution in [0.5, 0.6) is 0 Å². The lowest BCUT2D eigenvalue weighted by Gasteiger charge is -2.39. The van der Waals surface area contributed by atoms with E-state index in [-0.39, 0.29) is 0 Å². The molecule has 1 aliphatic heterocycles. The van der Waals surface area contributed by atoms with Crippen LogP contribution in [0.2, 0.25) is 0 Å². The van der Waals surface area contributed by atoms with Crippen LogP contribution in [0.4, 0.5) is 5.82 Å². The maximum absolute atomic E-state index is 5.97. The molecule has 1 fully saturated rings. The molecule has 0 bridgehead atoms. The number of aromatic nitrogens is 1. The van der Waals surface area contributed by atoms with E-state index < -0.39 is 0 Å². The van der Waals surface area contributed by atoms with Gasteiger partial charge in [-0.25, -0.2) is 4.98 Å². The SMILES string of the molecule is CC1CCN(c2nccc3ccccc23)C(CN)C1. The van der Waals surface area contributed by atoms with Crippen LogP contribution in [-0.4, -0.2) is 24.1 Å². The van der Waals surface area contributed by atoms with Crippen molar-refractivity contribution < 1.29 is 0 Å². The van der Waals surface area contributed by atoms with Gasteiger partial charge in [-0.1, -0.05) is 31.2 Å². The van der Waals surface area contributed by atoms with E-state index in [1.807, 2.05) is 6.20 Å². The fourth-order valence-corrected chi connectivity index (χ4v) is 3.09. The number of nitrogens with two attached hydrogens (primary N) is 1. The summed E-state index contributed by atoms with van der Waals surface area (Å²) in [6.07, 6.45) is 4.30. The molecule has 0 spiro atoms. The van der Waals surface area contributed by atoms with Gasteiger partial charge in [0.15, 0.2) is 0 Å². The van der Waals surface area contributed by atoms with E-state index in [0.717, 1.165) is 18.3 Å². The predicted molar refractivity (Wildman–Crippen MR) is 80.3 cm³/mol. The van der Waals surface area contributed by atoms with Crippen molar-refractivity contribution >= 4 is 16.6 Å². The summed E-state index contributed by atoms with van der Waals surface area (Å²) in [6.45, 7) is 4.08. The molecule has 2 unspecified atom stereocenters. The highest BCUT2D eigenvalue weighted by atomic mass is 15.2. The van der Waals surface area contributed by atoms with Gasteiger partial charge in [0.1, 0.15) is 5.82 Å². The molecule has 0 aliphatic carbocycles. The van der Waals surface area contributed by atoms with Gasteiger partial charge in [0.2, 0.25) is 0 Å². The maximum Gasteiger partial charge on any atom is 0.136 e. The van der Waals surface area contributed by atoms with Gasteiger partial charge in [-0.05, 0) is 30.2 Å². The Morgan fingerprint density at radius 2 is 2.16 bits per heavy atom. The van der Waals surface area contributed by atoms with Crippen molar-refractivity contribution in [1.82, 2.24) is 4.98 Å². The second-order valence-corrected chi connectivity index (χ2v) is 5.57. The lowest BCUT2D eigenvalue weighted by Crippen LogP contribution is -2.46. The molecule has 19 heavy (non-hydrogen) atoms. The molecule has 3 rings (SSSR count). The van der Waals surface area contributed by atoms with Crippen LogP contribution in [0.15, 0.2) is 36.5 Å². The van der Waals surface area contributed by atoms with Crippen molar-refractivity contribution in [2.24, 2.45) is 11.7 Å². The number of anilines is 1. The first-order valence-electron chi connectivity index (χ1n) is 7.10. The molecule has 2 heterocycles. The highest BCUT2D eigenvalue weighted by Gasteiger charge is 2.27. The quantitative estimate of drug-likeness (QED) is 0.897. The minimum atomic E-state index is 0.419. The molecule has 3 nitrogen and oxygen atoms in total. The summed E-state index contributed by atoms with van der Waals surface area (Å²) in [5.41, 5.74) is 5.97. The minimum absolute atomic E-state index is 0.419. The fraction of sp³-hybridized carbons (Fsp3) is 0.438. The van der Waals surface area contributed by atoms with Gasteiger partial charge >= 0.3 is 0 Å². The number of fused-ring (bicyclic) bond motifs is 1. The van der Waals surface area contributed by atoms with Gasteiger partial charge in [-0.3, -0.25) is 0 Å². The third-order valence-corrected chi connectivity index (χ3v) is 4.17. The number of pyridine rings is 1. The molecule has 0 radical (unpaired) electrons. The number of hydrogen-bond donors (Lipinski definition) is 1. The molecule has 2 N–H and O–H groups in total. The van der Waals surface area contributed by atoms with Crippen molar-refractivity contribution in [3.63, 3.8) is 0 Å². The molecule has 1 aromatic carbocycles. The first-order chi connectivity index (χ1) is 9.29. The van der Waals surface area contributed by atoms with Crippen LogP contribution in [0.1, 0.15) is 19.8 Å². The van der Waals surface area contributed by atoms with E-state index >= 15 is 0 Å². The van der Waals surface area contributed by atoms with Gasteiger partial charge < -0.3 is 10.6 Å². The van der Waals surface area contributed by atoms with E-state index in [4.69, 9.17) is 5.73 Å². The minimum Gasteiger partial charge on any atom is -0.352 e. The molecular formula is C16H21N3. The summed E-state index contributed by atoms with van der Waals surface area (Å²) >= 11 is 0. The van der Waals surface area contributed by atoms with E-state index in [1.54, 1.807) is 0 Å². The van der Waals surface area contributed by atoms with Crippen LogP contribution in [0.25, 0.3) is 10.8 Å². The Kier molecular flexibility index (Phi) is 3.38. The molecule has 0 saturated carbocycles. The Morgan fingerprint density at radius 3 is 3.00 bits per heavy atom. The van der Waals surface area contributed by atoms with E-state index in [2.05, 4.69) is 47.1 Å². The van der Waals surface area contributed by atoms with Crippen LogP contribution in [0, 0.1) is 5.92 Å². The van der Waals surface area contributed by atoms with E-state index in [1.165, 1.54) is 23.6 Å². The summed E-state index contributed by atoms with van der Waals surface area (Å²) in [6, 6.07) is 10.9. The number of benzene rings is 1. The lowest BCUT2D eigenvalue weighted by molar-refractivity contribution is 0.365. The molecule has 2 atom stereocenters. The topological polar surface area (TPSA) is 42.2 Å². The van der Waals surface area contributed by atoms with Gasteiger partial charge in [0.05, 0.1) is 0 Å². The number of hydrogen-bond acceptors (Lipinski definition) is 3. The molecule has 1 aromatic heterocycles. The van der Waals surface area contributed by atoms with Crippen molar-refractivity contribution in [3.8, 4) is 0 Å². The Labute approximate surface area is 114 Å². The molecule has 2 aromatic rings. The zero-order chi connectivity index (χ0) is 13.2. The zero-order valence-corrected chi connectivity index (χ0v) is 11.4. The van der Waals surface area contributed by atoms with Crippen molar-refractivity contribution in [2.75, 3.05) is 18.0 Å². The van der Waals surface area contributed by atoms with Crippen molar-refractivity contribution in [3.05, 3.63) is 36.5 Å². The third kappa shape index (κ3) is 2.30. The monoisotopic (exact) mass is 255 g/mol. The lowest BCUT2D eigenvalue weighted by atomic mass is 9.92. The molecular weight excluding hydrogens is 234 g/mol. The second-order valence-electron chi connectivity index (χ2n) is 5.57. The Bertz CT molecular complexity index is 561. The maximum atomic E-state index is 5.97. The van der Waals surface area contributed by atoms with Crippen LogP contribution in [-0.2, 0) is 0 Å². The van der Waals surface area contributed by atoms with Gasteiger partial charge in [-0.2, -0.15) is 0 Å². The first kappa shape index (κ1) is 12.4. The molecule has 100 valence electrons. The van der Waals surface area contributed by atoms with E-state index in [0.29, 0.717) is 12.6 Å². The molecule has 3 heteroatoms. The average molecular weight is 255 g/mol. The summed E-state index contributed by atoms with van der Waals surface area (Å²) in [5, 5.41) is 2.49. The zero-order valence-electron chi connectivity index (χ0n) is 11.4. The second kappa shape index (κ2) is 5.17. The highest BCUT2D eigenvalue weighted by Crippen LogP contribution is 2.31. The van der Waals surface area contributed by atoms with Gasteiger partial charge in [0.25, 0.3) is 0 Å². The first-order valence-corrected chi connectivity index (χ1v) is 7.10. The van der Waals surface area contributed by atoms with Crippen LogP contribution < -0.4 is 10.6 Å². The van der Waals surface area contributed by atoms with Gasteiger partial charge in [0, 0.05) is 30.7 Å². The smallest absolute Gasteiger partial charge is 0.136 e. The predicted octanol–water partition coefficient (Wildman–Crippen LogP) is 2.80. The molecule has 1 aliphatic rings. The Hall–Kier alpha value is -1.61. The third-order valence-electron chi connectivity index (χ3n) is 4.17. The van der Waals surface area contributed by atoms with Crippen molar-refractivity contribution in [2.45, 2.75) is 25.8 Å². The van der Waals surface area contributed by atoms with Crippen LogP contribution in [0.3, 0.4) is 0 Å². The fourth-order valence-electron chi connectivity index (χ4n) is 3.09. The summed E-state index contributed by atoms with van der Waals surface area (Å²) in [7, 11) is 0. The largest absolute Gasteiger partial charge is 0.352 e. The summed E-state index contributed by atoms with van der Waals surface area (Å²) in [5.74, 6) is 1.86. The van der Waals surface area contributed by atoms with E-state index in [9.17, 15) is 0 Å². The molecule has 0 amide bonds. The number of rotatable bonds is 2. The van der Waals surface area contributed by atoms with Crippen LogP contribution >= 0.6 is 0 Å². The van der Waals surface area contributed by atoms with Gasteiger partial charge in [-0.15, -0.1) is 0 Å².